The van der Waals surface area contributed by atoms with E-state index in [2.05, 4.69) is 10.6 Å². The Bertz CT molecular complexity index is 775. The van der Waals surface area contributed by atoms with E-state index in [1.807, 2.05) is 48.2 Å². The molecule has 1 aliphatic rings. The summed E-state index contributed by atoms with van der Waals surface area (Å²) >= 11 is 5.84. The molecule has 0 bridgehead atoms. The first kappa shape index (κ1) is 18.3. The smallest absolute Gasteiger partial charge is 0.319 e. The van der Waals surface area contributed by atoms with Gasteiger partial charge in [-0.2, -0.15) is 0 Å². The third-order valence-electron chi connectivity index (χ3n) is 4.52. The molecule has 2 aromatic carbocycles. The maximum absolute atomic E-state index is 12.0. The van der Waals surface area contributed by atoms with Crippen LogP contribution in [0.2, 0.25) is 5.02 Å². The summed E-state index contributed by atoms with van der Waals surface area (Å²) in [6, 6.07) is 14.6. The summed E-state index contributed by atoms with van der Waals surface area (Å²) in [5.41, 5.74) is 2.74. The minimum atomic E-state index is -0.267. The molecule has 1 atom stereocenters. The number of amides is 3. The lowest BCUT2D eigenvalue weighted by Gasteiger charge is -2.16. The van der Waals surface area contributed by atoms with E-state index in [0.717, 1.165) is 24.1 Å². The van der Waals surface area contributed by atoms with E-state index in [-0.39, 0.29) is 17.9 Å². The lowest BCUT2D eigenvalue weighted by atomic mass is 10.1. The number of halogens is 1. The predicted octanol–water partition coefficient (Wildman–Crippen LogP) is 4.03. The Morgan fingerprint density at radius 3 is 2.38 bits per heavy atom. The monoisotopic (exact) mass is 371 g/mol. The van der Waals surface area contributed by atoms with Crippen molar-refractivity contribution in [1.29, 1.82) is 0 Å². The van der Waals surface area contributed by atoms with Gasteiger partial charge in [0.2, 0.25) is 5.91 Å². The molecule has 1 aliphatic heterocycles. The van der Waals surface area contributed by atoms with Gasteiger partial charge in [-0.1, -0.05) is 42.8 Å². The number of benzene rings is 2. The summed E-state index contributed by atoms with van der Waals surface area (Å²) in [5.74, 6) is 0.342. The number of rotatable bonds is 5. The lowest BCUT2D eigenvalue weighted by molar-refractivity contribution is -0.131. The van der Waals surface area contributed by atoms with Crippen molar-refractivity contribution in [2.45, 2.75) is 26.4 Å². The van der Waals surface area contributed by atoms with Gasteiger partial charge in [0, 0.05) is 36.3 Å². The zero-order valence-electron chi connectivity index (χ0n) is 14.7. The van der Waals surface area contributed by atoms with Gasteiger partial charge in [0.15, 0.2) is 0 Å². The van der Waals surface area contributed by atoms with E-state index in [1.54, 1.807) is 12.1 Å². The molecule has 1 unspecified atom stereocenters. The summed E-state index contributed by atoms with van der Waals surface area (Å²) in [7, 11) is 0. The van der Waals surface area contributed by atoms with Crippen LogP contribution in [0.5, 0.6) is 0 Å². The molecule has 0 radical (unpaired) electrons. The highest BCUT2D eigenvalue weighted by Crippen LogP contribution is 2.20. The molecule has 1 fully saturated rings. The van der Waals surface area contributed by atoms with Crippen LogP contribution < -0.4 is 10.6 Å². The molecule has 0 spiro atoms. The second-order valence-electron chi connectivity index (χ2n) is 6.58. The van der Waals surface area contributed by atoms with Gasteiger partial charge in [0.1, 0.15) is 0 Å². The van der Waals surface area contributed by atoms with E-state index >= 15 is 0 Å². The van der Waals surface area contributed by atoms with Crippen LogP contribution in [-0.2, 0) is 17.9 Å². The number of nitrogens with zero attached hydrogens (tertiary/aromatic N) is 1. The van der Waals surface area contributed by atoms with Crippen molar-refractivity contribution in [3.63, 3.8) is 0 Å². The molecule has 3 amide bonds. The highest BCUT2D eigenvalue weighted by atomic mass is 35.5. The van der Waals surface area contributed by atoms with Gasteiger partial charge in [-0.15, -0.1) is 0 Å². The second kappa shape index (κ2) is 8.23. The standard InChI is InChI=1S/C20H22ClN3O2/c1-14-10-11-24(19(14)25)13-16-4-8-18(9-5-16)23-20(26)22-12-15-2-6-17(21)7-3-15/h2-9,14H,10-13H2,1H3,(H2,22,23,26). The number of likely N-dealkylation sites (tertiary alicyclic amines) is 1. The van der Waals surface area contributed by atoms with E-state index in [0.29, 0.717) is 23.8 Å². The highest BCUT2D eigenvalue weighted by Gasteiger charge is 2.27. The van der Waals surface area contributed by atoms with Crippen LogP contribution in [0.3, 0.4) is 0 Å². The molecule has 2 N–H and O–H groups in total. The van der Waals surface area contributed by atoms with Crippen LogP contribution >= 0.6 is 11.6 Å². The average Bonchev–Trinajstić information content (AvgIpc) is 2.95. The third-order valence-corrected chi connectivity index (χ3v) is 4.77. The van der Waals surface area contributed by atoms with Crippen molar-refractivity contribution in [2.75, 3.05) is 11.9 Å². The minimum absolute atomic E-state index is 0.125. The van der Waals surface area contributed by atoms with Gasteiger partial charge in [-0.3, -0.25) is 4.79 Å². The fourth-order valence-electron chi connectivity index (χ4n) is 2.93. The molecule has 26 heavy (non-hydrogen) atoms. The Kier molecular flexibility index (Phi) is 5.78. The molecule has 0 aromatic heterocycles. The number of hydrogen-bond acceptors (Lipinski definition) is 2. The highest BCUT2D eigenvalue weighted by molar-refractivity contribution is 6.30. The topological polar surface area (TPSA) is 61.4 Å². The first-order valence-electron chi connectivity index (χ1n) is 8.68. The van der Waals surface area contributed by atoms with Crippen molar-refractivity contribution >= 4 is 29.2 Å². The number of anilines is 1. The van der Waals surface area contributed by atoms with Crippen molar-refractivity contribution < 1.29 is 9.59 Å². The maximum atomic E-state index is 12.0. The number of carbonyl (C=O) groups is 2. The van der Waals surface area contributed by atoms with Crippen LogP contribution in [0.25, 0.3) is 0 Å². The van der Waals surface area contributed by atoms with Crippen molar-refractivity contribution in [2.24, 2.45) is 5.92 Å². The zero-order valence-corrected chi connectivity index (χ0v) is 15.4. The summed E-state index contributed by atoms with van der Waals surface area (Å²) < 4.78 is 0. The Morgan fingerprint density at radius 2 is 1.77 bits per heavy atom. The van der Waals surface area contributed by atoms with E-state index in [9.17, 15) is 9.59 Å². The largest absolute Gasteiger partial charge is 0.338 e. The van der Waals surface area contributed by atoms with Crippen molar-refractivity contribution in [3.8, 4) is 0 Å². The summed E-state index contributed by atoms with van der Waals surface area (Å²) in [4.78, 5) is 25.9. The normalized spacial score (nSPS) is 16.6. The SMILES string of the molecule is CC1CCN(Cc2ccc(NC(=O)NCc3ccc(Cl)cc3)cc2)C1=O. The first-order valence-corrected chi connectivity index (χ1v) is 9.06. The van der Waals surface area contributed by atoms with Gasteiger partial charge in [-0.25, -0.2) is 4.79 Å². The lowest BCUT2D eigenvalue weighted by Crippen LogP contribution is -2.28. The Morgan fingerprint density at radius 1 is 1.12 bits per heavy atom. The van der Waals surface area contributed by atoms with Crippen LogP contribution in [-0.4, -0.2) is 23.4 Å². The number of hydrogen-bond donors (Lipinski definition) is 2. The molecule has 1 saturated heterocycles. The Labute approximate surface area is 158 Å². The molecule has 136 valence electrons. The van der Waals surface area contributed by atoms with Crippen LogP contribution in [0.1, 0.15) is 24.5 Å². The minimum Gasteiger partial charge on any atom is -0.338 e. The molecule has 3 rings (SSSR count). The summed E-state index contributed by atoms with van der Waals surface area (Å²) in [6.07, 6.45) is 0.923. The van der Waals surface area contributed by atoms with Crippen molar-refractivity contribution in [1.82, 2.24) is 10.2 Å². The van der Waals surface area contributed by atoms with Crippen LogP contribution in [0.15, 0.2) is 48.5 Å². The molecule has 2 aromatic rings. The van der Waals surface area contributed by atoms with Gasteiger partial charge < -0.3 is 15.5 Å². The van der Waals surface area contributed by atoms with Crippen LogP contribution in [0, 0.1) is 5.92 Å². The molecule has 6 heteroatoms. The fraction of sp³-hybridized carbons (Fsp3) is 0.300. The summed E-state index contributed by atoms with van der Waals surface area (Å²) in [5, 5.41) is 6.28. The van der Waals surface area contributed by atoms with E-state index < -0.39 is 0 Å². The van der Waals surface area contributed by atoms with E-state index in [4.69, 9.17) is 11.6 Å². The fourth-order valence-corrected chi connectivity index (χ4v) is 3.05. The number of carbonyl (C=O) groups excluding carboxylic acids is 2. The molecule has 5 nitrogen and oxygen atoms in total. The predicted molar refractivity (Wildman–Crippen MR) is 103 cm³/mol. The van der Waals surface area contributed by atoms with Crippen molar-refractivity contribution in [3.05, 3.63) is 64.7 Å². The number of nitrogens with one attached hydrogen (secondary N) is 2. The van der Waals surface area contributed by atoms with Gasteiger partial charge in [-0.05, 0) is 41.8 Å². The Balaban J connectivity index is 1.48. The summed E-state index contributed by atoms with van der Waals surface area (Å²) in [6.45, 7) is 3.83. The van der Waals surface area contributed by atoms with Crippen LogP contribution in [0.4, 0.5) is 10.5 Å². The van der Waals surface area contributed by atoms with Gasteiger partial charge in [0.25, 0.3) is 0 Å². The molecule has 0 saturated carbocycles. The van der Waals surface area contributed by atoms with Gasteiger partial charge in [0.05, 0.1) is 0 Å². The van der Waals surface area contributed by atoms with Gasteiger partial charge >= 0.3 is 6.03 Å². The molecule has 1 heterocycles. The first-order chi connectivity index (χ1) is 12.5. The average molecular weight is 372 g/mol. The number of urea groups is 1. The third kappa shape index (κ3) is 4.76. The molecule has 0 aliphatic carbocycles. The molecular formula is C20H22ClN3O2. The molecular weight excluding hydrogens is 350 g/mol. The zero-order chi connectivity index (χ0) is 18.5. The van der Waals surface area contributed by atoms with E-state index in [1.165, 1.54) is 0 Å². The Hall–Kier alpha value is -2.53. The quantitative estimate of drug-likeness (QED) is 0.833. The maximum Gasteiger partial charge on any atom is 0.319 e. The second-order valence-corrected chi connectivity index (χ2v) is 7.02.